The smallest absolute Gasteiger partial charge is 0.416 e. The van der Waals surface area contributed by atoms with Crippen molar-refractivity contribution in [1.29, 1.82) is 0 Å². The lowest BCUT2D eigenvalue weighted by Crippen LogP contribution is -2.49. The molecule has 1 saturated heterocycles. The Balaban J connectivity index is 1.41. The van der Waals surface area contributed by atoms with E-state index < -0.39 is 17.9 Å². The average Bonchev–Trinajstić information content (AvgIpc) is 3.33. The fourth-order valence-electron chi connectivity index (χ4n) is 4.53. The summed E-state index contributed by atoms with van der Waals surface area (Å²) in [5, 5.41) is 0.944. The van der Waals surface area contributed by atoms with Gasteiger partial charge in [0.2, 0.25) is 0 Å². The number of alkyl halides is 3. The summed E-state index contributed by atoms with van der Waals surface area (Å²) in [4.78, 5) is 28.7. The van der Waals surface area contributed by atoms with Crippen LogP contribution < -0.4 is 9.64 Å². The molecule has 1 atom stereocenters. The zero-order valence-electron chi connectivity index (χ0n) is 19.4. The largest absolute Gasteiger partial charge is 0.467 e. The van der Waals surface area contributed by atoms with Crippen molar-refractivity contribution in [1.82, 2.24) is 24.4 Å². The van der Waals surface area contributed by atoms with Gasteiger partial charge in [0, 0.05) is 73.2 Å². The average molecular weight is 496 g/mol. The molecule has 11 heteroatoms. The van der Waals surface area contributed by atoms with E-state index >= 15 is 0 Å². The second-order valence-corrected chi connectivity index (χ2v) is 8.40. The second-order valence-electron chi connectivity index (χ2n) is 8.40. The monoisotopic (exact) mass is 496 g/mol. The molecule has 1 aliphatic heterocycles. The molecule has 0 aliphatic carbocycles. The molecule has 4 heterocycles. The summed E-state index contributed by atoms with van der Waals surface area (Å²) in [6, 6.07) is 9.52. The Kier molecular flexibility index (Phi) is 6.31. The first-order chi connectivity index (χ1) is 17.4. The summed E-state index contributed by atoms with van der Waals surface area (Å²) in [5.41, 5.74) is 1.46. The van der Waals surface area contributed by atoms with E-state index in [4.69, 9.17) is 4.74 Å². The number of rotatable bonds is 6. The zero-order chi connectivity index (χ0) is 25.3. The highest BCUT2D eigenvalue weighted by molar-refractivity contribution is 5.79. The van der Waals surface area contributed by atoms with Gasteiger partial charge in [0.05, 0.1) is 12.7 Å². The van der Waals surface area contributed by atoms with E-state index in [9.17, 15) is 18.0 Å². The maximum Gasteiger partial charge on any atom is 0.416 e. The zero-order valence-corrected chi connectivity index (χ0v) is 19.4. The van der Waals surface area contributed by atoms with Crippen molar-refractivity contribution < 1.29 is 22.7 Å². The van der Waals surface area contributed by atoms with Gasteiger partial charge in [-0.25, -0.2) is 15.0 Å². The van der Waals surface area contributed by atoms with Crippen molar-refractivity contribution in [2.45, 2.75) is 12.3 Å². The van der Waals surface area contributed by atoms with Gasteiger partial charge in [-0.1, -0.05) is 0 Å². The minimum atomic E-state index is -4.48. The van der Waals surface area contributed by atoms with Gasteiger partial charge >= 0.3 is 12.2 Å². The Morgan fingerprint density at radius 1 is 1.03 bits per heavy atom. The molecular weight excluding hydrogens is 473 g/mol. The molecule has 8 nitrogen and oxygen atoms in total. The number of ether oxygens (including phenoxy) is 1. The number of carbonyl (C=O) groups is 1. The Morgan fingerprint density at radius 3 is 2.44 bits per heavy atom. The minimum Gasteiger partial charge on any atom is -0.467 e. The van der Waals surface area contributed by atoms with E-state index in [-0.39, 0.29) is 6.01 Å². The van der Waals surface area contributed by atoms with Crippen LogP contribution in [0.5, 0.6) is 6.01 Å². The first-order valence-electron chi connectivity index (χ1n) is 11.3. The molecule has 3 aromatic heterocycles. The van der Waals surface area contributed by atoms with E-state index in [2.05, 4.69) is 15.0 Å². The van der Waals surface area contributed by atoms with E-state index in [0.717, 1.165) is 29.5 Å². The highest BCUT2D eigenvalue weighted by atomic mass is 19.4. The Morgan fingerprint density at radius 2 is 1.78 bits per heavy atom. The van der Waals surface area contributed by atoms with Crippen molar-refractivity contribution in [2.24, 2.45) is 0 Å². The maximum atomic E-state index is 13.5. The summed E-state index contributed by atoms with van der Waals surface area (Å²) in [6.45, 7) is 2.11. The summed E-state index contributed by atoms with van der Waals surface area (Å²) < 4.78 is 47.3. The summed E-state index contributed by atoms with van der Waals surface area (Å²) >= 11 is 0. The number of hydrogen-bond acceptors (Lipinski definition) is 7. The van der Waals surface area contributed by atoms with Crippen LogP contribution in [-0.4, -0.2) is 64.0 Å². The third kappa shape index (κ3) is 4.49. The van der Waals surface area contributed by atoms with Crippen LogP contribution in [0.1, 0.15) is 11.7 Å². The predicted octanol–water partition coefficient (Wildman–Crippen LogP) is 4.04. The number of pyridine rings is 1. The second kappa shape index (κ2) is 9.57. The first kappa shape index (κ1) is 23.7. The molecule has 186 valence electrons. The number of benzene rings is 1. The number of aromatic nitrogens is 4. The van der Waals surface area contributed by atoms with E-state index in [0.29, 0.717) is 43.0 Å². The molecule has 0 radical (unpaired) electrons. The lowest BCUT2D eigenvalue weighted by Gasteiger charge is -2.39. The van der Waals surface area contributed by atoms with Crippen LogP contribution >= 0.6 is 0 Å². The van der Waals surface area contributed by atoms with Crippen molar-refractivity contribution >= 4 is 23.0 Å². The topological polar surface area (TPSA) is 76.4 Å². The molecule has 4 aromatic rings. The number of fused-ring (bicyclic) bond motifs is 1. The van der Waals surface area contributed by atoms with Crippen LogP contribution in [0.15, 0.2) is 61.2 Å². The van der Waals surface area contributed by atoms with Gasteiger partial charge in [-0.05, 0) is 36.4 Å². The summed E-state index contributed by atoms with van der Waals surface area (Å²) in [7, 11) is 1.42. The van der Waals surface area contributed by atoms with Crippen LogP contribution in [0.4, 0.5) is 18.9 Å². The van der Waals surface area contributed by atoms with E-state index in [1.807, 2.05) is 38.8 Å². The quantitative estimate of drug-likeness (QED) is 0.373. The van der Waals surface area contributed by atoms with Gasteiger partial charge < -0.3 is 14.2 Å². The van der Waals surface area contributed by atoms with Crippen LogP contribution in [-0.2, 0) is 11.0 Å². The fraction of sp³-hybridized carbons (Fsp3) is 0.280. The highest BCUT2D eigenvalue weighted by Crippen LogP contribution is 2.38. The number of carbonyl (C=O) groups excluding carboxylic acids is 1. The van der Waals surface area contributed by atoms with Gasteiger partial charge in [-0.15, -0.1) is 0 Å². The third-order valence-corrected chi connectivity index (χ3v) is 6.36. The molecule has 0 amide bonds. The highest BCUT2D eigenvalue weighted by Gasteiger charge is 2.32. The number of hydrogen-bond donors (Lipinski definition) is 0. The number of piperazine rings is 1. The van der Waals surface area contributed by atoms with Gasteiger partial charge in [-0.3, -0.25) is 9.69 Å². The fourth-order valence-corrected chi connectivity index (χ4v) is 4.53. The number of anilines is 1. The first-order valence-corrected chi connectivity index (χ1v) is 11.3. The van der Waals surface area contributed by atoms with Crippen molar-refractivity contribution in [2.75, 3.05) is 38.2 Å². The van der Waals surface area contributed by atoms with Crippen LogP contribution in [0.2, 0.25) is 0 Å². The molecular formula is C25H23F3N6O2. The van der Waals surface area contributed by atoms with E-state index in [1.165, 1.54) is 25.6 Å². The molecule has 0 saturated carbocycles. The SMILES string of the molecule is COc1ncc(-c2cc(C(F)(F)F)ccc2N2CCN(C(C=O)n3ccc4cccnc43)CC2)cn1. The molecule has 1 aliphatic rings. The number of nitrogens with zero attached hydrogens (tertiary/aromatic N) is 6. The lowest BCUT2D eigenvalue weighted by molar-refractivity contribution is -0.137. The standard InChI is InChI=1S/C25H23F3N6O2/c1-36-24-30-14-18(15-31-24)20-13-19(25(26,27)28)4-5-21(20)32-9-11-33(12-10-32)22(16-35)34-8-6-17-3-2-7-29-23(17)34/h2-8,13-16,22H,9-12H2,1H3. The normalized spacial score (nSPS) is 15.7. The van der Waals surface area contributed by atoms with Crippen molar-refractivity contribution in [3.8, 4) is 17.1 Å². The molecule has 0 N–H and O–H groups in total. The van der Waals surface area contributed by atoms with Gasteiger partial charge in [-0.2, -0.15) is 13.2 Å². The molecule has 1 aromatic carbocycles. The lowest BCUT2D eigenvalue weighted by atomic mass is 10.0. The predicted molar refractivity (Wildman–Crippen MR) is 128 cm³/mol. The van der Waals surface area contributed by atoms with Crippen LogP contribution in [0.3, 0.4) is 0 Å². The molecule has 5 rings (SSSR count). The van der Waals surface area contributed by atoms with Crippen molar-refractivity contribution in [3.63, 3.8) is 0 Å². The molecule has 0 bridgehead atoms. The maximum absolute atomic E-state index is 13.5. The Bertz CT molecular complexity index is 1360. The Hall–Kier alpha value is -3.99. The number of aldehydes is 1. The van der Waals surface area contributed by atoms with Gasteiger partial charge in [0.25, 0.3) is 0 Å². The minimum absolute atomic E-state index is 0.132. The van der Waals surface area contributed by atoms with E-state index in [1.54, 1.807) is 6.20 Å². The molecule has 1 fully saturated rings. The molecule has 36 heavy (non-hydrogen) atoms. The van der Waals surface area contributed by atoms with Gasteiger partial charge in [0.15, 0.2) is 6.29 Å². The molecule has 1 unspecified atom stereocenters. The summed E-state index contributed by atoms with van der Waals surface area (Å²) in [6.07, 6.45) is 2.32. The number of methoxy groups -OCH3 is 1. The molecule has 0 spiro atoms. The van der Waals surface area contributed by atoms with Crippen molar-refractivity contribution in [3.05, 3.63) is 66.7 Å². The summed E-state index contributed by atoms with van der Waals surface area (Å²) in [5.74, 6) is 0. The van der Waals surface area contributed by atoms with Crippen LogP contribution in [0, 0.1) is 0 Å². The number of halogens is 3. The third-order valence-electron chi connectivity index (χ3n) is 6.36. The van der Waals surface area contributed by atoms with Gasteiger partial charge in [0.1, 0.15) is 11.8 Å². The van der Waals surface area contributed by atoms with Crippen LogP contribution in [0.25, 0.3) is 22.2 Å². The Labute approximate surface area is 205 Å².